The van der Waals surface area contributed by atoms with Crippen molar-refractivity contribution in [1.29, 1.82) is 0 Å². The predicted molar refractivity (Wildman–Crippen MR) is 86.3 cm³/mol. The highest BCUT2D eigenvalue weighted by molar-refractivity contribution is 7.09. The van der Waals surface area contributed by atoms with Crippen molar-refractivity contribution in [3.63, 3.8) is 0 Å². The highest BCUT2D eigenvalue weighted by Gasteiger charge is 2.47. The van der Waals surface area contributed by atoms with Crippen LogP contribution in [0.4, 0.5) is 5.13 Å². The van der Waals surface area contributed by atoms with E-state index in [1.807, 2.05) is 0 Å². The first-order valence-corrected chi connectivity index (χ1v) is 7.98. The van der Waals surface area contributed by atoms with Crippen LogP contribution >= 0.6 is 11.5 Å². The van der Waals surface area contributed by atoms with Crippen LogP contribution in [0.2, 0.25) is 0 Å². The standard InChI is InChI=1S/C12H14N6O8S/c1-4-7(11(24)18(4)26-3-6(21)22)14-10(23)8(16-25-2-5(19)20)9-15-12(13)27-17-9/h4,7H,2-3H2,1H3,(H,14,23)(H,19,20)(H,21,22)(H2,13,15,17)/t4-,7-/m0/s1. The average Bonchev–Trinajstić information content (AvgIpc) is 3.02. The van der Waals surface area contributed by atoms with Crippen molar-refractivity contribution in [3.8, 4) is 0 Å². The summed E-state index contributed by atoms with van der Waals surface area (Å²) >= 11 is 0.772. The van der Waals surface area contributed by atoms with Crippen molar-refractivity contribution in [3.05, 3.63) is 5.82 Å². The number of aromatic nitrogens is 2. The lowest BCUT2D eigenvalue weighted by atomic mass is 10.00. The van der Waals surface area contributed by atoms with Gasteiger partial charge in [-0.1, -0.05) is 5.16 Å². The van der Waals surface area contributed by atoms with Crippen LogP contribution in [0.15, 0.2) is 5.16 Å². The second-order valence-corrected chi connectivity index (χ2v) is 5.87. The Bertz CT molecular complexity index is 795. The number of nitrogens with zero attached hydrogens (tertiary/aromatic N) is 4. The Hall–Kier alpha value is -3.33. The van der Waals surface area contributed by atoms with Crippen molar-refractivity contribution in [2.24, 2.45) is 5.16 Å². The molecule has 146 valence electrons. The minimum absolute atomic E-state index is 0.0325. The smallest absolute Gasteiger partial charge is 0.344 e. The molecule has 2 amide bonds. The molecule has 27 heavy (non-hydrogen) atoms. The zero-order chi connectivity index (χ0) is 20.1. The van der Waals surface area contributed by atoms with Gasteiger partial charge in [-0.2, -0.15) is 9.36 Å². The largest absolute Gasteiger partial charge is 0.479 e. The summed E-state index contributed by atoms with van der Waals surface area (Å²) in [5.41, 5.74) is 4.97. The number of anilines is 1. The van der Waals surface area contributed by atoms with Gasteiger partial charge in [0.15, 0.2) is 11.7 Å². The van der Waals surface area contributed by atoms with Crippen LogP contribution in [-0.2, 0) is 28.9 Å². The number of nitrogen functional groups attached to an aromatic ring is 1. The summed E-state index contributed by atoms with van der Waals surface area (Å²) in [5.74, 6) is -4.38. The monoisotopic (exact) mass is 402 g/mol. The zero-order valence-corrected chi connectivity index (χ0v) is 14.5. The lowest BCUT2D eigenvalue weighted by molar-refractivity contribution is -0.233. The van der Waals surface area contributed by atoms with Crippen LogP contribution in [0, 0.1) is 0 Å². The number of hydrogen-bond donors (Lipinski definition) is 4. The number of amides is 2. The number of nitrogens with one attached hydrogen (secondary N) is 1. The Kier molecular flexibility index (Phi) is 6.19. The molecule has 2 rings (SSSR count). The molecule has 1 aliphatic heterocycles. The molecule has 5 N–H and O–H groups in total. The molecule has 0 spiro atoms. The van der Waals surface area contributed by atoms with E-state index < -0.39 is 54.8 Å². The Balaban J connectivity index is 2.06. The van der Waals surface area contributed by atoms with Gasteiger partial charge in [0.1, 0.15) is 6.04 Å². The predicted octanol–water partition coefficient (Wildman–Crippen LogP) is -2.34. The van der Waals surface area contributed by atoms with Gasteiger partial charge in [0.2, 0.25) is 18.1 Å². The van der Waals surface area contributed by atoms with E-state index in [0.717, 1.165) is 16.6 Å². The third-order valence-electron chi connectivity index (χ3n) is 3.16. The molecule has 15 heteroatoms. The molecule has 1 saturated heterocycles. The number of carboxylic acid groups (broad SMARTS) is 2. The number of β-lactam (4-membered cyclic amide) rings is 1. The van der Waals surface area contributed by atoms with Crippen molar-refractivity contribution < 1.29 is 39.1 Å². The molecule has 2 heterocycles. The van der Waals surface area contributed by atoms with E-state index in [-0.39, 0.29) is 11.0 Å². The molecule has 0 aromatic carbocycles. The Morgan fingerprint density at radius 3 is 2.52 bits per heavy atom. The van der Waals surface area contributed by atoms with Crippen LogP contribution in [0.3, 0.4) is 0 Å². The van der Waals surface area contributed by atoms with E-state index >= 15 is 0 Å². The number of carbonyl (C=O) groups excluding carboxylic acids is 2. The van der Waals surface area contributed by atoms with Crippen LogP contribution in [0.1, 0.15) is 12.7 Å². The molecule has 0 unspecified atom stereocenters. The number of hydrogen-bond acceptors (Lipinski definition) is 11. The highest BCUT2D eigenvalue weighted by atomic mass is 32.1. The number of carboxylic acids is 2. The minimum atomic E-state index is -1.32. The van der Waals surface area contributed by atoms with Gasteiger partial charge in [0.25, 0.3) is 11.8 Å². The fraction of sp³-hybridized carbons (Fsp3) is 0.417. The molecule has 1 aromatic rings. The van der Waals surface area contributed by atoms with E-state index in [0.29, 0.717) is 0 Å². The number of oxime groups is 1. The zero-order valence-electron chi connectivity index (χ0n) is 13.7. The second kappa shape index (κ2) is 8.37. The third kappa shape index (κ3) is 4.85. The first-order chi connectivity index (χ1) is 12.7. The summed E-state index contributed by atoms with van der Waals surface area (Å²) in [5, 5.41) is 23.7. The lowest BCUT2D eigenvalue weighted by Gasteiger charge is -2.43. The van der Waals surface area contributed by atoms with Gasteiger partial charge < -0.3 is 26.1 Å². The van der Waals surface area contributed by atoms with E-state index in [2.05, 4.69) is 24.7 Å². The molecule has 1 fully saturated rings. The van der Waals surface area contributed by atoms with Crippen molar-refractivity contribution in [2.75, 3.05) is 18.9 Å². The molecular formula is C12H14N6O8S. The normalized spacial score (nSPS) is 19.4. The second-order valence-electron chi connectivity index (χ2n) is 5.09. The van der Waals surface area contributed by atoms with Gasteiger partial charge in [0.05, 0.1) is 6.04 Å². The maximum atomic E-state index is 12.4. The topological polar surface area (TPSA) is 207 Å². The number of aliphatic carboxylic acids is 2. The molecular weight excluding hydrogens is 388 g/mol. The van der Waals surface area contributed by atoms with Crippen LogP contribution in [0.5, 0.6) is 0 Å². The van der Waals surface area contributed by atoms with Gasteiger partial charge in [-0.25, -0.2) is 14.7 Å². The third-order valence-corrected chi connectivity index (χ3v) is 3.70. The molecule has 0 aliphatic carbocycles. The Morgan fingerprint density at radius 2 is 2.00 bits per heavy atom. The summed E-state index contributed by atoms with van der Waals surface area (Å²) in [6.07, 6.45) is 0. The first kappa shape index (κ1) is 20.0. The molecule has 14 nitrogen and oxygen atoms in total. The summed E-state index contributed by atoms with van der Waals surface area (Å²) in [6.45, 7) is -0.00844. The molecule has 1 aromatic heterocycles. The summed E-state index contributed by atoms with van der Waals surface area (Å²) in [4.78, 5) is 58.5. The maximum Gasteiger partial charge on any atom is 0.344 e. The SMILES string of the molecule is C[C@H]1[C@H](NC(=O)C(=NOCC(=O)O)c2nsc(N)n2)C(=O)N1OCC(=O)O. The lowest BCUT2D eigenvalue weighted by Crippen LogP contribution is -2.70. The van der Waals surface area contributed by atoms with E-state index in [4.69, 9.17) is 20.8 Å². The average molecular weight is 402 g/mol. The van der Waals surface area contributed by atoms with Crippen LogP contribution in [-0.4, -0.2) is 79.4 Å². The molecule has 1 aliphatic rings. The Morgan fingerprint density at radius 1 is 1.33 bits per heavy atom. The summed E-state index contributed by atoms with van der Waals surface area (Å²) < 4.78 is 3.79. The summed E-state index contributed by atoms with van der Waals surface area (Å²) in [7, 11) is 0. The van der Waals surface area contributed by atoms with Crippen LogP contribution < -0.4 is 11.1 Å². The quantitative estimate of drug-likeness (QED) is 0.195. The number of rotatable bonds is 9. The van der Waals surface area contributed by atoms with Gasteiger partial charge in [-0.15, -0.1) is 0 Å². The fourth-order valence-electron chi connectivity index (χ4n) is 1.96. The Labute approximate surface area is 154 Å². The molecule has 0 saturated carbocycles. The highest BCUT2D eigenvalue weighted by Crippen LogP contribution is 2.20. The van der Waals surface area contributed by atoms with Crippen molar-refractivity contribution in [1.82, 2.24) is 19.7 Å². The van der Waals surface area contributed by atoms with E-state index in [1.165, 1.54) is 6.92 Å². The van der Waals surface area contributed by atoms with Gasteiger partial charge in [-0.3, -0.25) is 14.4 Å². The van der Waals surface area contributed by atoms with E-state index in [1.54, 1.807) is 0 Å². The molecule has 0 radical (unpaired) electrons. The minimum Gasteiger partial charge on any atom is -0.479 e. The number of nitrogens with two attached hydrogens (primary N) is 1. The number of carbonyl (C=O) groups is 4. The first-order valence-electron chi connectivity index (χ1n) is 7.20. The van der Waals surface area contributed by atoms with Crippen LogP contribution in [0.25, 0.3) is 0 Å². The summed E-state index contributed by atoms with van der Waals surface area (Å²) in [6, 6.07) is -1.68. The maximum absolute atomic E-state index is 12.4. The van der Waals surface area contributed by atoms with Crippen molar-refractivity contribution in [2.45, 2.75) is 19.0 Å². The fourth-order valence-corrected chi connectivity index (χ4v) is 2.40. The van der Waals surface area contributed by atoms with Gasteiger partial charge in [0, 0.05) is 11.5 Å². The molecule has 0 bridgehead atoms. The van der Waals surface area contributed by atoms with Crippen molar-refractivity contribution >= 4 is 46.1 Å². The van der Waals surface area contributed by atoms with Gasteiger partial charge in [-0.05, 0) is 6.92 Å². The molecule has 2 atom stereocenters. The number of hydroxylamine groups is 2. The van der Waals surface area contributed by atoms with Gasteiger partial charge >= 0.3 is 11.9 Å². The van der Waals surface area contributed by atoms with E-state index in [9.17, 15) is 19.2 Å².